The molecule has 0 spiro atoms. The topological polar surface area (TPSA) is 43.9 Å². The fourth-order valence-electron chi connectivity index (χ4n) is 5.25. The lowest BCUT2D eigenvalue weighted by Crippen LogP contribution is -2.46. The van der Waals surface area contributed by atoms with Crippen LogP contribution in [-0.2, 0) is 16.2 Å². The molecule has 10 heteroatoms. The largest absolute Gasteiger partial charge is 0.416 e. The predicted molar refractivity (Wildman–Crippen MR) is 144 cm³/mol. The first-order valence-corrected chi connectivity index (χ1v) is 13.9. The zero-order valence-corrected chi connectivity index (χ0v) is 22.1. The van der Waals surface area contributed by atoms with Crippen LogP contribution < -0.4 is 9.21 Å². The van der Waals surface area contributed by atoms with Crippen molar-refractivity contribution in [1.29, 1.82) is 0 Å². The van der Waals surface area contributed by atoms with E-state index in [4.69, 9.17) is 0 Å². The van der Waals surface area contributed by atoms with Crippen LogP contribution >= 0.6 is 12.4 Å². The van der Waals surface area contributed by atoms with E-state index in [1.165, 1.54) is 12.1 Å². The molecular weight excluding hydrogens is 523 g/mol. The third kappa shape index (κ3) is 5.68. The van der Waals surface area contributed by atoms with Gasteiger partial charge in [0.15, 0.2) is 0 Å². The van der Waals surface area contributed by atoms with Crippen molar-refractivity contribution in [2.24, 2.45) is 0 Å². The third-order valence-corrected chi connectivity index (χ3v) is 9.03. The van der Waals surface area contributed by atoms with E-state index in [-0.39, 0.29) is 12.4 Å². The van der Waals surface area contributed by atoms with Gasteiger partial charge >= 0.3 is 6.18 Å². The maximum absolute atomic E-state index is 13.0. The summed E-state index contributed by atoms with van der Waals surface area (Å²) in [6, 6.07) is 16.7. The quantitative estimate of drug-likeness (QED) is 0.313. The molecule has 0 unspecified atom stereocenters. The summed E-state index contributed by atoms with van der Waals surface area (Å²) in [7, 11) is -3.49. The normalized spacial score (nSPS) is 17.3. The molecule has 2 aliphatic rings. The standard InChI is InChI=1S/C27H30F3N3O2S.ClH/c28-27(29,30)22-10-7-11-23(20-22)32-18-16-31(17-19-32)14-3-1-2-4-15-33-24-12-5-8-21-9-6-13-25(26(21)24)36(33,34)35;/h5-13,20H,1-4,14-19H2;1H. The molecule has 0 bridgehead atoms. The molecule has 0 aromatic heterocycles. The molecule has 5 rings (SSSR count). The Morgan fingerprint density at radius 1 is 0.784 bits per heavy atom. The lowest BCUT2D eigenvalue weighted by Gasteiger charge is -2.36. The highest BCUT2D eigenvalue weighted by atomic mass is 35.5. The van der Waals surface area contributed by atoms with Gasteiger partial charge in [-0.05, 0) is 55.1 Å². The number of benzene rings is 3. The second-order valence-electron chi connectivity index (χ2n) is 9.50. The van der Waals surface area contributed by atoms with Gasteiger partial charge in [-0.1, -0.05) is 43.2 Å². The number of nitrogens with zero attached hydrogens (tertiary/aromatic N) is 3. The molecule has 5 nitrogen and oxygen atoms in total. The second kappa shape index (κ2) is 11.1. The van der Waals surface area contributed by atoms with Crippen LogP contribution in [0.25, 0.3) is 10.8 Å². The number of hydrogen-bond acceptors (Lipinski definition) is 4. The molecule has 0 N–H and O–H groups in total. The summed E-state index contributed by atoms with van der Waals surface area (Å²) < 4.78 is 66.7. The Labute approximate surface area is 222 Å². The maximum Gasteiger partial charge on any atom is 0.416 e. The lowest BCUT2D eigenvalue weighted by molar-refractivity contribution is -0.137. The number of piperazine rings is 1. The second-order valence-corrected chi connectivity index (χ2v) is 11.3. The molecule has 1 fully saturated rings. The Hall–Kier alpha value is -2.49. The monoisotopic (exact) mass is 553 g/mol. The molecule has 37 heavy (non-hydrogen) atoms. The van der Waals surface area contributed by atoms with Crippen molar-refractivity contribution in [1.82, 2.24) is 4.90 Å². The molecule has 0 radical (unpaired) electrons. The highest BCUT2D eigenvalue weighted by Crippen LogP contribution is 2.42. The van der Waals surface area contributed by atoms with Crippen LogP contribution in [0, 0.1) is 0 Å². The Morgan fingerprint density at radius 2 is 1.43 bits per heavy atom. The van der Waals surface area contributed by atoms with Gasteiger partial charge in [0, 0.05) is 43.8 Å². The van der Waals surface area contributed by atoms with Crippen LogP contribution in [0.3, 0.4) is 0 Å². The highest BCUT2D eigenvalue weighted by molar-refractivity contribution is 7.93. The summed E-state index contributed by atoms with van der Waals surface area (Å²) in [6.45, 7) is 4.49. The first-order chi connectivity index (χ1) is 17.2. The van der Waals surface area contributed by atoms with Crippen LogP contribution in [0.15, 0.2) is 65.6 Å². The van der Waals surface area contributed by atoms with Crippen LogP contribution in [0.4, 0.5) is 24.5 Å². The number of anilines is 2. The van der Waals surface area contributed by atoms with Crippen molar-refractivity contribution in [3.8, 4) is 0 Å². The highest BCUT2D eigenvalue weighted by Gasteiger charge is 2.35. The number of sulfonamides is 1. The Bertz CT molecular complexity index is 1340. The molecule has 2 heterocycles. The average Bonchev–Trinajstić information content (AvgIpc) is 3.09. The van der Waals surface area contributed by atoms with Gasteiger partial charge in [-0.3, -0.25) is 9.21 Å². The van der Waals surface area contributed by atoms with Gasteiger partial charge in [0.1, 0.15) is 0 Å². The SMILES string of the molecule is Cl.O=S1(=O)c2cccc3cccc(c23)N1CCCCCCN1CCN(c2cccc(C(F)(F)F)c2)CC1. The molecule has 0 saturated carbocycles. The van der Waals surface area contributed by atoms with Gasteiger partial charge in [0.2, 0.25) is 0 Å². The van der Waals surface area contributed by atoms with E-state index < -0.39 is 21.8 Å². The van der Waals surface area contributed by atoms with Crippen molar-refractivity contribution < 1.29 is 21.6 Å². The van der Waals surface area contributed by atoms with Crippen molar-refractivity contribution in [3.63, 3.8) is 0 Å². The van der Waals surface area contributed by atoms with Crippen LogP contribution in [0.5, 0.6) is 0 Å². The predicted octanol–water partition coefficient (Wildman–Crippen LogP) is 6.17. The average molecular weight is 554 g/mol. The number of unbranched alkanes of at least 4 members (excludes halogenated alkanes) is 3. The summed E-state index contributed by atoms with van der Waals surface area (Å²) in [5.41, 5.74) is 0.797. The minimum Gasteiger partial charge on any atom is -0.369 e. The maximum atomic E-state index is 13.0. The zero-order chi connectivity index (χ0) is 25.3. The van der Waals surface area contributed by atoms with E-state index >= 15 is 0 Å². The Morgan fingerprint density at radius 3 is 2.14 bits per heavy atom. The summed E-state index contributed by atoms with van der Waals surface area (Å²) in [6.07, 6.45) is -0.547. The minimum absolute atomic E-state index is 0. The zero-order valence-electron chi connectivity index (χ0n) is 20.5. The third-order valence-electron chi connectivity index (χ3n) is 7.18. The summed E-state index contributed by atoms with van der Waals surface area (Å²) in [5, 5.41) is 1.77. The number of halogens is 4. The molecule has 0 amide bonds. The summed E-state index contributed by atoms with van der Waals surface area (Å²) in [5.74, 6) is 0. The molecule has 3 aromatic carbocycles. The Kier molecular flexibility index (Phi) is 8.26. The van der Waals surface area contributed by atoms with Gasteiger partial charge in [-0.2, -0.15) is 13.2 Å². The molecule has 3 aromatic rings. The fraction of sp³-hybridized carbons (Fsp3) is 0.407. The van der Waals surface area contributed by atoms with E-state index in [2.05, 4.69) is 4.90 Å². The fourth-order valence-corrected chi connectivity index (χ4v) is 7.00. The van der Waals surface area contributed by atoms with Gasteiger partial charge in [0.25, 0.3) is 10.0 Å². The van der Waals surface area contributed by atoms with E-state index in [0.717, 1.165) is 67.8 Å². The molecule has 1 saturated heterocycles. The Balaban J connectivity index is 0.00000320. The molecular formula is C27H31ClF3N3O2S. The van der Waals surface area contributed by atoms with Gasteiger partial charge < -0.3 is 4.90 Å². The van der Waals surface area contributed by atoms with Gasteiger partial charge in [0.05, 0.1) is 16.1 Å². The smallest absolute Gasteiger partial charge is 0.369 e. The van der Waals surface area contributed by atoms with Crippen molar-refractivity contribution in [2.75, 3.05) is 48.5 Å². The minimum atomic E-state index is -4.33. The van der Waals surface area contributed by atoms with E-state index in [0.29, 0.717) is 30.2 Å². The van der Waals surface area contributed by atoms with Gasteiger partial charge in [-0.15, -0.1) is 12.4 Å². The summed E-state index contributed by atoms with van der Waals surface area (Å²) in [4.78, 5) is 4.77. The van der Waals surface area contributed by atoms with Crippen LogP contribution in [0.2, 0.25) is 0 Å². The lowest BCUT2D eigenvalue weighted by atomic mass is 10.1. The van der Waals surface area contributed by atoms with Crippen molar-refractivity contribution in [3.05, 3.63) is 66.2 Å². The van der Waals surface area contributed by atoms with Crippen LogP contribution in [0.1, 0.15) is 31.2 Å². The van der Waals surface area contributed by atoms with Crippen molar-refractivity contribution in [2.45, 2.75) is 36.8 Å². The first kappa shape index (κ1) is 27.5. The van der Waals surface area contributed by atoms with Gasteiger partial charge in [-0.25, -0.2) is 8.42 Å². The van der Waals surface area contributed by atoms with E-state index in [1.54, 1.807) is 22.5 Å². The first-order valence-electron chi connectivity index (χ1n) is 12.4. The van der Waals surface area contributed by atoms with E-state index in [9.17, 15) is 21.6 Å². The molecule has 200 valence electrons. The summed E-state index contributed by atoms with van der Waals surface area (Å²) >= 11 is 0. The number of alkyl halides is 3. The molecule has 0 atom stereocenters. The van der Waals surface area contributed by atoms with Crippen LogP contribution in [-0.4, -0.2) is 52.6 Å². The number of rotatable bonds is 8. The number of hydrogen-bond donors (Lipinski definition) is 0. The molecule has 2 aliphatic heterocycles. The van der Waals surface area contributed by atoms with E-state index in [1.807, 2.05) is 29.2 Å². The molecule has 0 aliphatic carbocycles. The van der Waals surface area contributed by atoms with Crippen molar-refractivity contribution >= 4 is 44.6 Å².